The molecule has 2 aliphatic rings. The molecular weight excluding hydrogens is 372 g/mol. The van der Waals surface area contributed by atoms with Crippen LogP contribution in [0.25, 0.3) is 0 Å². The summed E-state index contributed by atoms with van der Waals surface area (Å²) >= 11 is 0. The summed E-state index contributed by atoms with van der Waals surface area (Å²) in [5.74, 6) is -0.118. The minimum absolute atomic E-state index is 0.173. The van der Waals surface area contributed by atoms with Crippen LogP contribution in [0.15, 0.2) is 24.3 Å². The quantitative estimate of drug-likeness (QED) is 0.564. The number of hydrogen-bond acceptors (Lipinski definition) is 4. The van der Waals surface area contributed by atoms with Gasteiger partial charge in [-0.2, -0.15) is 13.2 Å². The van der Waals surface area contributed by atoms with Crippen LogP contribution in [-0.4, -0.2) is 36.1 Å². The van der Waals surface area contributed by atoms with Crippen molar-refractivity contribution in [3.63, 3.8) is 0 Å². The molecule has 1 saturated heterocycles. The third kappa shape index (κ3) is 3.91. The Balaban J connectivity index is 1.56. The normalized spacial score (nSPS) is 18.0. The summed E-state index contributed by atoms with van der Waals surface area (Å²) in [4.78, 5) is 12.4. The molecule has 1 aliphatic heterocycles. The molecule has 2 aromatic rings. The maximum Gasteiger partial charge on any atom is 0.433 e. The van der Waals surface area contributed by atoms with Crippen LogP contribution in [0.4, 0.5) is 29.2 Å². The van der Waals surface area contributed by atoms with Crippen LogP contribution in [0.5, 0.6) is 0 Å². The second-order valence-corrected chi connectivity index (χ2v) is 7.31. The van der Waals surface area contributed by atoms with Gasteiger partial charge in [-0.1, -0.05) is 6.42 Å². The van der Waals surface area contributed by atoms with Crippen LogP contribution in [-0.2, 0) is 19.0 Å². The maximum atomic E-state index is 13.6. The lowest BCUT2D eigenvalue weighted by atomic mass is 10.1. The summed E-state index contributed by atoms with van der Waals surface area (Å²) in [5, 5.41) is 0. The minimum atomic E-state index is -4.47. The Kier molecular flexibility index (Phi) is 5.12. The first-order valence-electron chi connectivity index (χ1n) is 9.64. The lowest BCUT2D eigenvalue weighted by Gasteiger charge is -2.36. The van der Waals surface area contributed by atoms with E-state index in [1.165, 1.54) is 12.1 Å². The summed E-state index contributed by atoms with van der Waals surface area (Å²) in [6.45, 7) is 2.28. The molecule has 8 heteroatoms. The molecule has 0 atom stereocenters. The van der Waals surface area contributed by atoms with Crippen molar-refractivity contribution < 1.29 is 17.6 Å². The van der Waals surface area contributed by atoms with Crippen LogP contribution in [0.3, 0.4) is 0 Å². The molecule has 1 aromatic carbocycles. The highest BCUT2D eigenvalue weighted by atomic mass is 19.4. The van der Waals surface area contributed by atoms with Gasteiger partial charge in [0.25, 0.3) is 0 Å². The number of rotatable bonds is 2. The first-order valence-corrected chi connectivity index (χ1v) is 9.64. The van der Waals surface area contributed by atoms with Gasteiger partial charge in [0.1, 0.15) is 5.82 Å². The summed E-state index contributed by atoms with van der Waals surface area (Å²) in [6.07, 6.45) is -0.984. The van der Waals surface area contributed by atoms with E-state index in [4.69, 9.17) is 0 Å². The van der Waals surface area contributed by atoms with Crippen molar-refractivity contribution >= 4 is 11.6 Å². The van der Waals surface area contributed by atoms with Crippen LogP contribution >= 0.6 is 0 Å². The van der Waals surface area contributed by atoms with Crippen LogP contribution in [0.2, 0.25) is 0 Å². The molecule has 0 amide bonds. The minimum Gasteiger partial charge on any atom is -0.368 e. The Labute approximate surface area is 161 Å². The van der Waals surface area contributed by atoms with Crippen LogP contribution in [0, 0.1) is 5.82 Å². The van der Waals surface area contributed by atoms with Crippen LogP contribution < -0.4 is 9.80 Å². The lowest BCUT2D eigenvalue weighted by molar-refractivity contribution is -0.141. The summed E-state index contributed by atoms with van der Waals surface area (Å²) in [6, 6.07) is 6.25. The number of fused-ring (bicyclic) bond motifs is 1. The molecule has 4 nitrogen and oxygen atoms in total. The van der Waals surface area contributed by atoms with Gasteiger partial charge in [-0.25, -0.2) is 14.4 Å². The van der Waals surface area contributed by atoms with Gasteiger partial charge in [0, 0.05) is 43.1 Å². The fourth-order valence-corrected chi connectivity index (χ4v) is 3.95. The summed E-state index contributed by atoms with van der Waals surface area (Å²) in [5.41, 5.74) is 0.963. The zero-order valence-electron chi connectivity index (χ0n) is 15.5. The van der Waals surface area contributed by atoms with Crippen molar-refractivity contribution in [2.24, 2.45) is 0 Å². The van der Waals surface area contributed by atoms with Gasteiger partial charge in [0.05, 0.1) is 0 Å². The lowest BCUT2D eigenvalue weighted by Crippen LogP contribution is -2.47. The number of anilines is 2. The molecular formula is C20H22F4N4. The summed E-state index contributed by atoms with van der Waals surface area (Å²) < 4.78 is 54.0. The predicted molar refractivity (Wildman–Crippen MR) is 99.1 cm³/mol. The van der Waals surface area contributed by atoms with Gasteiger partial charge >= 0.3 is 6.18 Å². The first kappa shape index (κ1) is 19.0. The van der Waals surface area contributed by atoms with Crippen molar-refractivity contribution in [3.8, 4) is 0 Å². The second kappa shape index (κ2) is 7.56. The molecule has 1 aromatic heterocycles. The first-order chi connectivity index (χ1) is 13.4. The fourth-order valence-electron chi connectivity index (χ4n) is 3.95. The van der Waals surface area contributed by atoms with E-state index in [-0.39, 0.29) is 17.3 Å². The van der Waals surface area contributed by atoms with Gasteiger partial charge < -0.3 is 9.80 Å². The Morgan fingerprint density at radius 1 is 0.786 bits per heavy atom. The van der Waals surface area contributed by atoms with Crippen molar-refractivity contribution in [3.05, 3.63) is 47.0 Å². The van der Waals surface area contributed by atoms with Gasteiger partial charge in [0.15, 0.2) is 5.69 Å². The molecule has 0 spiro atoms. The van der Waals surface area contributed by atoms with Gasteiger partial charge in [-0.05, 0) is 49.9 Å². The molecule has 1 fully saturated rings. The molecule has 0 saturated carbocycles. The average molecular weight is 394 g/mol. The molecule has 0 N–H and O–H groups in total. The van der Waals surface area contributed by atoms with E-state index in [2.05, 4.69) is 14.9 Å². The molecule has 28 heavy (non-hydrogen) atoms. The standard InChI is InChI=1S/C20H22F4N4/c21-14-6-8-15(9-7-14)27-10-12-28(13-11-27)19-25-17-5-3-1-2-4-16(17)18(26-19)20(22,23)24/h6-9H,1-5,10-13H2. The van der Waals surface area contributed by atoms with E-state index in [0.29, 0.717) is 44.7 Å². The maximum absolute atomic E-state index is 13.6. The van der Waals surface area contributed by atoms with E-state index < -0.39 is 11.9 Å². The number of halogens is 4. The van der Waals surface area contributed by atoms with Gasteiger partial charge in [-0.15, -0.1) is 0 Å². The topological polar surface area (TPSA) is 32.3 Å². The number of benzene rings is 1. The monoisotopic (exact) mass is 394 g/mol. The largest absolute Gasteiger partial charge is 0.433 e. The molecule has 150 valence electrons. The van der Waals surface area contributed by atoms with Crippen molar-refractivity contribution in [2.45, 2.75) is 38.3 Å². The third-order valence-electron chi connectivity index (χ3n) is 5.44. The third-order valence-corrected chi connectivity index (χ3v) is 5.44. The highest BCUT2D eigenvalue weighted by molar-refractivity contribution is 5.49. The molecule has 2 heterocycles. The zero-order valence-corrected chi connectivity index (χ0v) is 15.5. The molecule has 0 unspecified atom stereocenters. The molecule has 0 radical (unpaired) electrons. The molecule has 4 rings (SSSR count). The highest BCUT2D eigenvalue weighted by Crippen LogP contribution is 2.35. The SMILES string of the molecule is Fc1ccc(N2CCN(c3nc4c(c(C(F)(F)F)n3)CCCCC4)CC2)cc1. The fraction of sp³-hybridized carbons (Fsp3) is 0.500. The van der Waals surface area contributed by atoms with E-state index in [1.54, 1.807) is 12.1 Å². The number of nitrogens with zero attached hydrogens (tertiary/aromatic N) is 4. The van der Waals surface area contributed by atoms with E-state index >= 15 is 0 Å². The smallest absolute Gasteiger partial charge is 0.368 e. The summed E-state index contributed by atoms with van der Waals surface area (Å²) in [7, 11) is 0. The molecule has 1 aliphatic carbocycles. The zero-order chi connectivity index (χ0) is 19.7. The number of aryl methyl sites for hydroxylation is 1. The Morgan fingerprint density at radius 2 is 1.43 bits per heavy atom. The number of aromatic nitrogens is 2. The Hall–Kier alpha value is -2.38. The van der Waals surface area contributed by atoms with E-state index in [1.807, 2.05) is 4.90 Å². The average Bonchev–Trinajstić information content (AvgIpc) is 2.92. The Morgan fingerprint density at radius 3 is 2.11 bits per heavy atom. The number of hydrogen-bond donors (Lipinski definition) is 0. The Bertz CT molecular complexity index is 827. The predicted octanol–water partition coefficient (Wildman–Crippen LogP) is 4.23. The van der Waals surface area contributed by atoms with E-state index in [0.717, 1.165) is 24.9 Å². The highest BCUT2D eigenvalue weighted by Gasteiger charge is 2.38. The number of piperazine rings is 1. The van der Waals surface area contributed by atoms with Gasteiger partial charge in [-0.3, -0.25) is 0 Å². The molecule has 0 bridgehead atoms. The second-order valence-electron chi connectivity index (χ2n) is 7.31. The van der Waals surface area contributed by atoms with Gasteiger partial charge in [0.2, 0.25) is 5.95 Å². The van der Waals surface area contributed by atoms with E-state index in [9.17, 15) is 17.6 Å². The van der Waals surface area contributed by atoms with Crippen molar-refractivity contribution in [1.82, 2.24) is 9.97 Å². The van der Waals surface area contributed by atoms with Crippen molar-refractivity contribution in [2.75, 3.05) is 36.0 Å². The van der Waals surface area contributed by atoms with Crippen molar-refractivity contribution in [1.29, 1.82) is 0 Å². The van der Waals surface area contributed by atoms with Crippen LogP contribution in [0.1, 0.15) is 36.2 Å². The number of alkyl halides is 3.